The lowest BCUT2D eigenvalue weighted by Crippen LogP contribution is -2.42. The summed E-state index contributed by atoms with van der Waals surface area (Å²) < 4.78 is 0. The Morgan fingerprint density at radius 1 is 1.29 bits per heavy atom. The van der Waals surface area contributed by atoms with Crippen LogP contribution in [0.5, 0.6) is 0 Å². The summed E-state index contributed by atoms with van der Waals surface area (Å²) in [6.07, 6.45) is 1.23. The van der Waals surface area contributed by atoms with Crippen molar-refractivity contribution in [2.45, 2.75) is 47.1 Å². The van der Waals surface area contributed by atoms with Crippen molar-refractivity contribution in [2.75, 3.05) is 26.7 Å². The Hall–Kier alpha value is -0.0800. The third kappa shape index (κ3) is 4.97. The van der Waals surface area contributed by atoms with Gasteiger partial charge in [-0.15, -0.1) is 0 Å². The standard InChI is InChI=1S/C12H28N2/c1-7-12(5,9-13-8-2)10-14(6)11(3)4/h11,13H,7-10H2,1-6H3. The van der Waals surface area contributed by atoms with Crippen LogP contribution in [0.2, 0.25) is 0 Å². The molecule has 0 aliphatic heterocycles. The quantitative estimate of drug-likeness (QED) is 0.678. The summed E-state index contributed by atoms with van der Waals surface area (Å²) in [7, 11) is 2.21. The molecule has 14 heavy (non-hydrogen) atoms. The molecule has 0 aromatic carbocycles. The van der Waals surface area contributed by atoms with Crippen LogP contribution in [0, 0.1) is 5.41 Å². The predicted molar refractivity (Wildman–Crippen MR) is 64.7 cm³/mol. The molecule has 0 bridgehead atoms. The van der Waals surface area contributed by atoms with Crippen LogP contribution in [-0.4, -0.2) is 37.6 Å². The summed E-state index contributed by atoms with van der Waals surface area (Å²) in [5.41, 5.74) is 0.412. The maximum atomic E-state index is 3.46. The number of hydrogen-bond donors (Lipinski definition) is 1. The summed E-state index contributed by atoms with van der Waals surface area (Å²) >= 11 is 0. The molecule has 0 saturated heterocycles. The minimum absolute atomic E-state index is 0.412. The van der Waals surface area contributed by atoms with Crippen molar-refractivity contribution in [3.8, 4) is 0 Å². The molecule has 1 N–H and O–H groups in total. The Kier molecular flexibility index (Phi) is 6.38. The normalized spacial score (nSPS) is 16.3. The molecular formula is C12H28N2. The van der Waals surface area contributed by atoms with Gasteiger partial charge in [0.2, 0.25) is 0 Å². The van der Waals surface area contributed by atoms with Gasteiger partial charge in [-0.25, -0.2) is 0 Å². The van der Waals surface area contributed by atoms with E-state index in [-0.39, 0.29) is 0 Å². The summed E-state index contributed by atoms with van der Waals surface area (Å²) in [4.78, 5) is 2.43. The first-order valence-electron chi connectivity index (χ1n) is 5.86. The third-order valence-electron chi connectivity index (χ3n) is 3.17. The van der Waals surface area contributed by atoms with Crippen LogP contribution < -0.4 is 5.32 Å². The van der Waals surface area contributed by atoms with Gasteiger partial charge in [-0.05, 0) is 39.3 Å². The van der Waals surface area contributed by atoms with Crippen LogP contribution >= 0.6 is 0 Å². The minimum Gasteiger partial charge on any atom is -0.316 e. The average Bonchev–Trinajstić information content (AvgIpc) is 2.14. The van der Waals surface area contributed by atoms with E-state index in [1.54, 1.807) is 0 Å². The van der Waals surface area contributed by atoms with Gasteiger partial charge in [-0.3, -0.25) is 0 Å². The zero-order valence-electron chi connectivity index (χ0n) is 10.9. The van der Waals surface area contributed by atoms with Crippen molar-refractivity contribution < 1.29 is 0 Å². The van der Waals surface area contributed by atoms with Crippen molar-refractivity contribution >= 4 is 0 Å². The maximum absolute atomic E-state index is 3.46. The molecule has 1 unspecified atom stereocenters. The highest BCUT2D eigenvalue weighted by Crippen LogP contribution is 2.21. The van der Waals surface area contributed by atoms with Crippen LogP contribution in [0.4, 0.5) is 0 Å². The smallest absolute Gasteiger partial charge is 0.00470 e. The summed E-state index contributed by atoms with van der Waals surface area (Å²) in [5.74, 6) is 0. The molecule has 0 aromatic rings. The first kappa shape index (κ1) is 13.9. The zero-order valence-corrected chi connectivity index (χ0v) is 10.9. The number of nitrogens with one attached hydrogen (secondary N) is 1. The minimum atomic E-state index is 0.412. The molecular weight excluding hydrogens is 172 g/mol. The monoisotopic (exact) mass is 200 g/mol. The van der Waals surface area contributed by atoms with E-state index in [1.807, 2.05) is 0 Å². The zero-order chi connectivity index (χ0) is 11.2. The van der Waals surface area contributed by atoms with E-state index < -0.39 is 0 Å². The van der Waals surface area contributed by atoms with Gasteiger partial charge in [0.25, 0.3) is 0 Å². The highest BCUT2D eigenvalue weighted by atomic mass is 15.1. The average molecular weight is 200 g/mol. The molecule has 0 fully saturated rings. The Balaban J connectivity index is 4.09. The SMILES string of the molecule is CCNCC(C)(CC)CN(C)C(C)C. The lowest BCUT2D eigenvalue weighted by Gasteiger charge is -2.35. The Labute approximate surface area is 90.1 Å². The molecule has 0 saturated carbocycles. The Morgan fingerprint density at radius 2 is 1.86 bits per heavy atom. The van der Waals surface area contributed by atoms with E-state index in [0.29, 0.717) is 11.5 Å². The van der Waals surface area contributed by atoms with Gasteiger partial charge >= 0.3 is 0 Å². The molecule has 0 spiro atoms. The summed E-state index contributed by atoms with van der Waals surface area (Å²) in [6.45, 7) is 14.7. The van der Waals surface area contributed by atoms with E-state index in [2.05, 4.69) is 51.9 Å². The van der Waals surface area contributed by atoms with Crippen molar-refractivity contribution in [2.24, 2.45) is 5.41 Å². The lowest BCUT2D eigenvalue weighted by molar-refractivity contribution is 0.155. The molecule has 0 amide bonds. The van der Waals surface area contributed by atoms with E-state index >= 15 is 0 Å². The van der Waals surface area contributed by atoms with Gasteiger partial charge < -0.3 is 10.2 Å². The first-order chi connectivity index (χ1) is 6.45. The van der Waals surface area contributed by atoms with Crippen molar-refractivity contribution in [3.05, 3.63) is 0 Å². The molecule has 0 radical (unpaired) electrons. The topological polar surface area (TPSA) is 15.3 Å². The largest absolute Gasteiger partial charge is 0.316 e. The predicted octanol–water partition coefficient (Wildman–Crippen LogP) is 2.35. The summed E-state index contributed by atoms with van der Waals surface area (Å²) in [5, 5.41) is 3.46. The van der Waals surface area contributed by atoms with E-state index in [4.69, 9.17) is 0 Å². The van der Waals surface area contributed by atoms with Crippen molar-refractivity contribution in [1.29, 1.82) is 0 Å². The molecule has 0 aliphatic rings. The number of rotatable bonds is 7. The van der Waals surface area contributed by atoms with Crippen molar-refractivity contribution in [3.63, 3.8) is 0 Å². The second-order valence-corrected chi connectivity index (χ2v) is 4.95. The molecule has 2 heteroatoms. The highest BCUT2D eigenvalue weighted by molar-refractivity contribution is 4.79. The second kappa shape index (κ2) is 6.41. The molecule has 0 aliphatic carbocycles. The summed E-state index contributed by atoms with van der Waals surface area (Å²) in [6, 6.07) is 0.641. The Morgan fingerprint density at radius 3 is 2.21 bits per heavy atom. The van der Waals surface area contributed by atoms with Crippen LogP contribution in [0.25, 0.3) is 0 Å². The number of hydrogen-bond acceptors (Lipinski definition) is 2. The fourth-order valence-electron chi connectivity index (χ4n) is 1.50. The van der Waals surface area contributed by atoms with E-state index in [1.165, 1.54) is 13.0 Å². The van der Waals surface area contributed by atoms with Crippen molar-refractivity contribution in [1.82, 2.24) is 10.2 Å². The van der Waals surface area contributed by atoms with Gasteiger partial charge in [0.1, 0.15) is 0 Å². The van der Waals surface area contributed by atoms with Crippen LogP contribution in [-0.2, 0) is 0 Å². The van der Waals surface area contributed by atoms with E-state index in [9.17, 15) is 0 Å². The molecule has 1 atom stereocenters. The fraction of sp³-hybridized carbons (Fsp3) is 1.00. The third-order valence-corrected chi connectivity index (χ3v) is 3.17. The fourth-order valence-corrected chi connectivity index (χ4v) is 1.50. The molecule has 86 valence electrons. The molecule has 0 rings (SSSR count). The second-order valence-electron chi connectivity index (χ2n) is 4.95. The van der Waals surface area contributed by atoms with Gasteiger partial charge in [0, 0.05) is 19.1 Å². The van der Waals surface area contributed by atoms with E-state index in [0.717, 1.165) is 13.1 Å². The van der Waals surface area contributed by atoms with Gasteiger partial charge in [-0.2, -0.15) is 0 Å². The van der Waals surface area contributed by atoms with Crippen LogP contribution in [0.1, 0.15) is 41.0 Å². The molecule has 2 nitrogen and oxygen atoms in total. The molecule has 0 aromatic heterocycles. The first-order valence-corrected chi connectivity index (χ1v) is 5.86. The molecule has 0 heterocycles. The van der Waals surface area contributed by atoms with Gasteiger partial charge in [0.05, 0.1) is 0 Å². The van der Waals surface area contributed by atoms with Crippen LogP contribution in [0.3, 0.4) is 0 Å². The lowest BCUT2D eigenvalue weighted by atomic mass is 9.86. The Bertz CT molecular complexity index is 145. The number of nitrogens with zero attached hydrogens (tertiary/aromatic N) is 1. The highest BCUT2D eigenvalue weighted by Gasteiger charge is 2.24. The van der Waals surface area contributed by atoms with Gasteiger partial charge in [0.15, 0.2) is 0 Å². The maximum Gasteiger partial charge on any atom is 0.00470 e. The van der Waals surface area contributed by atoms with Crippen LogP contribution in [0.15, 0.2) is 0 Å². The van der Waals surface area contributed by atoms with Gasteiger partial charge in [-0.1, -0.05) is 20.8 Å².